The highest BCUT2D eigenvalue weighted by molar-refractivity contribution is 5.85. The molecule has 0 saturated heterocycles. The van der Waals surface area contributed by atoms with E-state index in [0.29, 0.717) is 0 Å². The van der Waals surface area contributed by atoms with E-state index in [-0.39, 0.29) is 36.4 Å². The first-order valence-corrected chi connectivity index (χ1v) is 2.73. The Morgan fingerprint density at radius 1 is 1.45 bits per heavy atom. The van der Waals surface area contributed by atoms with Crippen molar-refractivity contribution < 1.29 is 0 Å². The summed E-state index contributed by atoms with van der Waals surface area (Å²) in [5, 5.41) is 5.03. The van der Waals surface area contributed by atoms with Gasteiger partial charge in [-0.3, -0.25) is 9.89 Å². The fourth-order valence-corrected chi connectivity index (χ4v) is 0.592. The van der Waals surface area contributed by atoms with E-state index in [2.05, 4.69) is 10.2 Å². The molecule has 0 spiro atoms. The smallest absolute Gasteiger partial charge is 0.264 e. The number of aromatic amines is 2. The summed E-state index contributed by atoms with van der Waals surface area (Å²) in [6, 6.07) is 1.34. The van der Waals surface area contributed by atoms with E-state index in [4.69, 9.17) is 5.73 Å². The minimum Gasteiger partial charge on any atom is -0.323 e. The molecule has 0 radical (unpaired) electrons. The molecule has 1 aromatic rings. The van der Waals surface area contributed by atoms with Crippen molar-refractivity contribution in [3.63, 3.8) is 0 Å². The maximum Gasteiger partial charge on any atom is 0.264 e. The summed E-state index contributed by atoms with van der Waals surface area (Å²) >= 11 is 0. The van der Waals surface area contributed by atoms with Gasteiger partial charge in [0.2, 0.25) is 0 Å². The van der Waals surface area contributed by atoms with Crippen LogP contribution >= 0.6 is 24.8 Å². The number of hydrogen-bond donors (Lipinski definition) is 3. The molecular formula is C5H11Cl2N3O. The lowest BCUT2D eigenvalue weighted by molar-refractivity contribution is 0.772. The van der Waals surface area contributed by atoms with Gasteiger partial charge in [0.15, 0.2) is 0 Å². The van der Waals surface area contributed by atoms with Crippen LogP contribution in [0.1, 0.15) is 18.7 Å². The molecule has 6 heteroatoms. The van der Waals surface area contributed by atoms with E-state index in [0.717, 1.165) is 5.69 Å². The fraction of sp³-hybridized carbons (Fsp3) is 0.400. The molecule has 1 atom stereocenters. The summed E-state index contributed by atoms with van der Waals surface area (Å²) in [7, 11) is 0. The number of hydrogen-bond acceptors (Lipinski definition) is 2. The minimum absolute atomic E-state index is 0. The first-order valence-electron chi connectivity index (χ1n) is 2.73. The Kier molecular flexibility index (Phi) is 6.26. The maximum absolute atomic E-state index is 10.5. The van der Waals surface area contributed by atoms with Crippen LogP contribution in [0.25, 0.3) is 0 Å². The van der Waals surface area contributed by atoms with Crippen molar-refractivity contribution in [3.05, 3.63) is 22.1 Å². The van der Waals surface area contributed by atoms with E-state index in [1.54, 1.807) is 6.92 Å². The van der Waals surface area contributed by atoms with Gasteiger partial charge in [-0.1, -0.05) is 0 Å². The van der Waals surface area contributed by atoms with Crippen LogP contribution in [0.5, 0.6) is 0 Å². The molecule has 0 amide bonds. The van der Waals surface area contributed by atoms with Crippen LogP contribution in [0.2, 0.25) is 0 Å². The molecule has 1 heterocycles. The fourth-order valence-electron chi connectivity index (χ4n) is 0.592. The molecule has 0 saturated carbocycles. The lowest BCUT2D eigenvalue weighted by Gasteiger charge is -1.96. The molecule has 0 aliphatic carbocycles. The van der Waals surface area contributed by atoms with Crippen molar-refractivity contribution in [1.29, 1.82) is 0 Å². The van der Waals surface area contributed by atoms with Crippen LogP contribution in [0.15, 0.2) is 10.9 Å². The van der Waals surface area contributed by atoms with E-state index in [1.807, 2.05) is 0 Å². The van der Waals surface area contributed by atoms with Crippen LogP contribution in [0.4, 0.5) is 0 Å². The second-order valence-corrected chi connectivity index (χ2v) is 2.00. The Bertz CT molecular complexity index is 242. The quantitative estimate of drug-likeness (QED) is 0.619. The monoisotopic (exact) mass is 199 g/mol. The molecule has 0 aromatic carbocycles. The van der Waals surface area contributed by atoms with Crippen LogP contribution < -0.4 is 11.3 Å². The second kappa shape index (κ2) is 5.23. The third kappa shape index (κ3) is 3.46. The van der Waals surface area contributed by atoms with Gasteiger partial charge in [0.1, 0.15) is 0 Å². The van der Waals surface area contributed by atoms with E-state index < -0.39 is 0 Å². The number of halogens is 2. The summed E-state index contributed by atoms with van der Waals surface area (Å²) in [5.74, 6) is 0. The van der Waals surface area contributed by atoms with Crippen molar-refractivity contribution >= 4 is 24.8 Å². The Morgan fingerprint density at radius 3 is 2.18 bits per heavy atom. The normalized spacial score (nSPS) is 11.1. The summed E-state index contributed by atoms with van der Waals surface area (Å²) < 4.78 is 0. The third-order valence-electron chi connectivity index (χ3n) is 1.11. The molecule has 0 aliphatic heterocycles. The zero-order chi connectivity index (χ0) is 6.85. The molecule has 11 heavy (non-hydrogen) atoms. The lowest BCUT2D eigenvalue weighted by atomic mass is 10.3. The molecule has 4 N–H and O–H groups in total. The number of nitrogens with one attached hydrogen (secondary N) is 2. The zero-order valence-electron chi connectivity index (χ0n) is 5.96. The van der Waals surface area contributed by atoms with Crippen molar-refractivity contribution in [3.8, 4) is 0 Å². The van der Waals surface area contributed by atoms with Gasteiger partial charge >= 0.3 is 0 Å². The number of nitrogens with two attached hydrogens (primary N) is 1. The topological polar surface area (TPSA) is 74.7 Å². The molecule has 0 bridgehead atoms. The van der Waals surface area contributed by atoms with Crippen LogP contribution in [-0.4, -0.2) is 10.2 Å². The van der Waals surface area contributed by atoms with E-state index >= 15 is 0 Å². The van der Waals surface area contributed by atoms with E-state index in [1.165, 1.54) is 6.07 Å². The van der Waals surface area contributed by atoms with Gasteiger partial charge in [0, 0.05) is 12.1 Å². The average Bonchev–Trinajstić information content (AvgIpc) is 2.14. The number of H-pyrrole nitrogens is 2. The van der Waals surface area contributed by atoms with Gasteiger partial charge in [0.25, 0.3) is 5.56 Å². The van der Waals surface area contributed by atoms with Gasteiger partial charge in [-0.2, -0.15) is 0 Å². The van der Waals surface area contributed by atoms with Crippen molar-refractivity contribution in [2.24, 2.45) is 5.73 Å². The van der Waals surface area contributed by atoms with Gasteiger partial charge in [-0.15, -0.1) is 24.8 Å². The molecule has 66 valence electrons. The van der Waals surface area contributed by atoms with Gasteiger partial charge in [0.05, 0.1) is 5.69 Å². The van der Waals surface area contributed by atoms with Crippen molar-refractivity contribution in [1.82, 2.24) is 10.2 Å². The highest BCUT2D eigenvalue weighted by Gasteiger charge is 1.99. The first-order chi connectivity index (χ1) is 4.20. The predicted octanol–water partition coefficient (Wildman–Crippen LogP) is 0.566. The SMILES string of the molecule is CC(N)c1cc(=O)[nH][nH]1.Cl.Cl. The molecule has 1 unspecified atom stereocenters. The summed E-state index contributed by atoms with van der Waals surface area (Å²) in [4.78, 5) is 10.5. The van der Waals surface area contributed by atoms with Gasteiger partial charge in [-0.25, -0.2) is 0 Å². The standard InChI is InChI=1S/C5H9N3O.2ClH/c1-3(6)4-2-5(9)8-7-4;;/h2-3H,6H2,1H3,(H2,7,8,9);2*1H. The summed E-state index contributed by atoms with van der Waals surface area (Å²) in [6.07, 6.45) is 0. The Morgan fingerprint density at radius 2 is 2.00 bits per heavy atom. The largest absolute Gasteiger partial charge is 0.323 e. The summed E-state index contributed by atoms with van der Waals surface area (Å²) in [5.41, 5.74) is 6.04. The average molecular weight is 200 g/mol. The number of rotatable bonds is 1. The second-order valence-electron chi connectivity index (χ2n) is 2.00. The molecule has 0 fully saturated rings. The lowest BCUT2D eigenvalue weighted by Crippen LogP contribution is -2.05. The molecule has 0 aliphatic rings. The molecular weight excluding hydrogens is 189 g/mol. The maximum atomic E-state index is 10.5. The highest BCUT2D eigenvalue weighted by Crippen LogP contribution is 1.98. The van der Waals surface area contributed by atoms with Crippen molar-refractivity contribution in [2.45, 2.75) is 13.0 Å². The molecule has 4 nitrogen and oxygen atoms in total. The van der Waals surface area contributed by atoms with Crippen LogP contribution in [0.3, 0.4) is 0 Å². The third-order valence-corrected chi connectivity index (χ3v) is 1.11. The Labute approximate surface area is 76.4 Å². The Balaban J connectivity index is 0. The van der Waals surface area contributed by atoms with Crippen LogP contribution in [0, 0.1) is 0 Å². The van der Waals surface area contributed by atoms with E-state index in [9.17, 15) is 4.79 Å². The Hall–Kier alpha value is -0.450. The minimum atomic E-state index is -0.137. The number of aromatic nitrogens is 2. The molecule has 1 aromatic heterocycles. The van der Waals surface area contributed by atoms with Gasteiger partial charge < -0.3 is 10.8 Å². The first kappa shape index (κ1) is 13.2. The zero-order valence-corrected chi connectivity index (χ0v) is 7.59. The molecule has 1 rings (SSSR count). The predicted molar refractivity (Wildman–Crippen MR) is 48.5 cm³/mol. The van der Waals surface area contributed by atoms with Crippen LogP contribution in [-0.2, 0) is 0 Å². The van der Waals surface area contributed by atoms with Crippen molar-refractivity contribution in [2.75, 3.05) is 0 Å². The van der Waals surface area contributed by atoms with Gasteiger partial charge in [-0.05, 0) is 6.92 Å². The summed E-state index contributed by atoms with van der Waals surface area (Å²) in [6.45, 7) is 1.80. The highest BCUT2D eigenvalue weighted by atomic mass is 35.5.